The summed E-state index contributed by atoms with van der Waals surface area (Å²) < 4.78 is 27.2. The molecule has 4 atom stereocenters. The van der Waals surface area contributed by atoms with E-state index < -0.39 is 66.5 Å². The van der Waals surface area contributed by atoms with E-state index in [1.807, 2.05) is 6.07 Å². The average molecular weight is 605 g/mol. The highest BCUT2D eigenvalue weighted by atomic mass is 35.5. The van der Waals surface area contributed by atoms with Crippen LogP contribution < -0.4 is 14.8 Å². The van der Waals surface area contributed by atoms with Crippen molar-refractivity contribution in [1.82, 2.24) is 10.3 Å². The SMILES string of the molecule is COc1ccnc(C(=O)NC2COC(=O)[C@H](Cc3ccccc3)C(OC(=O)C(C)C)[C@H](C)OC2=O)c1OC(=O)CCCl. The number of carbonyl (C=O) groups is 5. The highest BCUT2D eigenvalue weighted by Gasteiger charge is 2.42. The fraction of sp³-hybridized carbons (Fsp3) is 0.448. The number of hydrogen-bond acceptors (Lipinski definition) is 11. The summed E-state index contributed by atoms with van der Waals surface area (Å²) in [5.41, 5.74) is 0.406. The van der Waals surface area contributed by atoms with Crippen LogP contribution in [0.5, 0.6) is 11.5 Å². The predicted molar refractivity (Wildman–Crippen MR) is 148 cm³/mol. The fourth-order valence-electron chi connectivity index (χ4n) is 4.07. The molecule has 12 nitrogen and oxygen atoms in total. The summed E-state index contributed by atoms with van der Waals surface area (Å²) in [6, 6.07) is 8.94. The molecule has 0 bridgehead atoms. The van der Waals surface area contributed by atoms with Gasteiger partial charge in [0.15, 0.2) is 23.6 Å². The number of cyclic esters (lactones) is 2. The van der Waals surface area contributed by atoms with Crippen molar-refractivity contribution in [3.05, 3.63) is 53.9 Å². The van der Waals surface area contributed by atoms with E-state index in [0.717, 1.165) is 5.56 Å². The maximum absolute atomic E-state index is 13.4. The molecule has 1 aliphatic heterocycles. The summed E-state index contributed by atoms with van der Waals surface area (Å²) >= 11 is 5.61. The molecule has 2 heterocycles. The molecule has 1 aliphatic rings. The van der Waals surface area contributed by atoms with Gasteiger partial charge in [-0.05, 0) is 18.9 Å². The van der Waals surface area contributed by atoms with Crippen molar-refractivity contribution in [3.8, 4) is 11.5 Å². The van der Waals surface area contributed by atoms with Gasteiger partial charge in [-0.1, -0.05) is 44.2 Å². The van der Waals surface area contributed by atoms with E-state index in [9.17, 15) is 24.0 Å². The lowest BCUT2D eigenvalue weighted by molar-refractivity contribution is -0.176. The van der Waals surface area contributed by atoms with Crippen LogP contribution in [0.1, 0.15) is 43.2 Å². The maximum Gasteiger partial charge on any atom is 0.332 e. The summed E-state index contributed by atoms with van der Waals surface area (Å²) in [6.45, 7) is 4.18. The highest BCUT2D eigenvalue weighted by molar-refractivity contribution is 6.18. The van der Waals surface area contributed by atoms with Crippen LogP contribution in [0, 0.1) is 11.8 Å². The van der Waals surface area contributed by atoms with Crippen molar-refractivity contribution >= 4 is 41.4 Å². The van der Waals surface area contributed by atoms with Crippen LogP contribution in [-0.2, 0) is 39.8 Å². The minimum absolute atomic E-state index is 0.0147. The molecule has 1 aromatic heterocycles. The molecule has 1 aromatic carbocycles. The summed E-state index contributed by atoms with van der Waals surface area (Å²) in [7, 11) is 1.31. The monoisotopic (exact) mass is 604 g/mol. The van der Waals surface area contributed by atoms with E-state index in [0.29, 0.717) is 0 Å². The summed E-state index contributed by atoms with van der Waals surface area (Å²) in [6.07, 6.45) is -1.01. The molecule has 1 saturated heterocycles. The first-order chi connectivity index (χ1) is 20.0. The molecule has 1 fully saturated rings. The van der Waals surface area contributed by atoms with Crippen molar-refractivity contribution in [1.29, 1.82) is 0 Å². The smallest absolute Gasteiger partial charge is 0.332 e. The lowest BCUT2D eigenvalue weighted by Gasteiger charge is -2.29. The number of amides is 1. The molecule has 226 valence electrons. The Labute approximate surface area is 247 Å². The van der Waals surface area contributed by atoms with Crippen molar-refractivity contribution in [2.45, 2.75) is 51.9 Å². The van der Waals surface area contributed by atoms with Gasteiger partial charge in [-0.25, -0.2) is 9.78 Å². The molecule has 0 spiro atoms. The molecule has 2 unspecified atom stereocenters. The van der Waals surface area contributed by atoms with Crippen LogP contribution in [0.15, 0.2) is 42.6 Å². The van der Waals surface area contributed by atoms with Gasteiger partial charge in [-0.2, -0.15) is 0 Å². The van der Waals surface area contributed by atoms with Crippen LogP contribution in [-0.4, -0.2) is 72.6 Å². The van der Waals surface area contributed by atoms with Crippen LogP contribution in [0.3, 0.4) is 0 Å². The van der Waals surface area contributed by atoms with Gasteiger partial charge in [0, 0.05) is 18.1 Å². The number of carbonyl (C=O) groups excluding carboxylic acids is 5. The first-order valence-electron chi connectivity index (χ1n) is 13.3. The number of alkyl halides is 1. The Hall–Kier alpha value is -4.19. The van der Waals surface area contributed by atoms with E-state index in [1.165, 1.54) is 26.3 Å². The zero-order chi connectivity index (χ0) is 30.8. The van der Waals surface area contributed by atoms with Gasteiger partial charge in [-0.15, -0.1) is 11.6 Å². The first kappa shape index (κ1) is 32.3. The van der Waals surface area contributed by atoms with Crippen molar-refractivity contribution < 1.29 is 47.7 Å². The van der Waals surface area contributed by atoms with E-state index in [4.69, 9.17) is 35.3 Å². The van der Waals surface area contributed by atoms with Crippen LogP contribution in [0.2, 0.25) is 0 Å². The third kappa shape index (κ3) is 8.41. The number of nitrogens with one attached hydrogen (secondary N) is 1. The van der Waals surface area contributed by atoms with E-state index in [2.05, 4.69) is 10.3 Å². The number of hydrogen-bond donors (Lipinski definition) is 1. The zero-order valence-electron chi connectivity index (χ0n) is 23.7. The van der Waals surface area contributed by atoms with Crippen LogP contribution in [0.25, 0.3) is 0 Å². The molecule has 1 amide bonds. The summed E-state index contributed by atoms with van der Waals surface area (Å²) in [4.78, 5) is 68.5. The lowest BCUT2D eigenvalue weighted by Crippen LogP contribution is -2.47. The molecule has 13 heteroatoms. The molecule has 0 saturated carbocycles. The Bertz CT molecular complexity index is 1290. The minimum Gasteiger partial charge on any atom is -0.493 e. The molecule has 3 rings (SSSR count). The second-order valence-corrected chi connectivity index (χ2v) is 10.1. The second-order valence-electron chi connectivity index (χ2n) is 9.75. The topological polar surface area (TPSA) is 156 Å². The van der Waals surface area contributed by atoms with Crippen LogP contribution >= 0.6 is 11.6 Å². The third-order valence-electron chi connectivity index (χ3n) is 6.29. The molecule has 2 aromatic rings. The van der Waals surface area contributed by atoms with Crippen molar-refractivity contribution in [2.75, 3.05) is 19.6 Å². The molecule has 0 radical (unpaired) electrons. The number of ether oxygens (including phenoxy) is 5. The Morgan fingerprint density at radius 3 is 2.48 bits per heavy atom. The van der Waals surface area contributed by atoms with Gasteiger partial charge >= 0.3 is 23.9 Å². The molecule has 42 heavy (non-hydrogen) atoms. The Morgan fingerprint density at radius 2 is 1.83 bits per heavy atom. The van der Waals surface area contributed by atoms with Crippen LogP contribution in [0.4, 0.5) is 0 Å². The second kappa shape index (κ2) is 15.2. The minimum atomic E-state index is -1.47. The number of esters is 4. The van der Waals surface area contributed by atoms with Gasteiger partial charge in [0.25, 0.3) is 5.91 Å². The molecular weight excluding hydrogens is 572 g/mol. The van der Waals surface area contributed by atoms with E-state index in [1.54, 1.807) is 38.1 Å². The van der Waals surface area contributed by atoms with Gasteiger partial charge in [0.1, 0.15) is 18.6 Å². The number of pyridine rings is 1. The van der Waals surface area contributed by atoms with E-state index in [-0.39, 0.29) is 35.9 Å². The number of aromatic nitrogens is 1. The number of benzene rings is 1. The average Bonchev–Trinajstić information content (AvgIpc) is 2.99. The molecule has 1 N–H and O–H groups in total. The Kier molecular flexibility index (Phi) is 11.7. The van der Waals surface area contributed by atoms with E-state index >= 15 is 0 Å². The highest BCUT2D eigenvalue weighted by Crippen LogP contribution is 2.30. The fourth-order valence-corrected chi connectivity index (χ4v) is 4.23. The van der Waals surface area contributed by atoms with Gasteiger partial charge in [0.05, 0.1) is 19.4 Å². The quantitative estimate of drug-likeness (QED) is 0.241. The van der Waals surface area contributed by atoms with Gasteiger partial charge in [-0.3, -0.25) is 19.2 Å². The lowest BCUT2D eigenvalue weighted by atomic mass is 9.91. The number of halogens is 1. The predicted octanol–water partition coefficient (Wildman–Crippen LogP) is 2.64. The standard InChI is InChI=1S/C29H33ClN2O10/c1-16(2)27(35)42-24-17(3)40-29(37)20(15-39-28(36)19(24)14-18-8-6-5-7-9-18)32-26(34)23-25(41-22(33)10-12-30)21(38-4)11-13-31-23/h5-9,11,13,16-17,19-20,24H,10,12,14-15H2,1-4H3,(H,32,34)/t17-,19+,20?,24?/m0/s1. The van der Waals surface area contributed by atoms with Gasteiger partial charge in [0.2, 0.25) is 5.75 Å². The van der Waals surface area contributed by atoms with Crippen molar-refractivity contribution in [2.24, 2.45) is 11.8 Å². The Morgan fingerprint density at radius 1 is 1.12 bits per heavy atom. The summed E-state index contributed by atoms with van der Waals surface area (Å²) in [5.74, 6) is -5.73. The largest absolute Gasteiger partial charge is 0.493 e. The molecular formula is C29H33ClN2O10. The first-order valence-corrected chi connectivity index (χ1v) is 13.8. The Balaban J connectivity index is 1.89. The normalized spacial score (nSPS) is 20.7. The third-order valence-corrected chi connectivity index (χ3v) is 6.48. The molecule has 0 aliphatic carbocycles. The number of methoxy groups -OCH3 is 1. The zero-order valence-corrected chi connectivity index (χ0v) is 24.4. The van der Waals surface area contributed by atoms with Gasteiger partial charge < -0.3 is 29.0 Å². The summed E-state index contributed by atoms with van der Waals surface area (Å²) in [5, 5.41) is 2.42. The maximum atomic E-state index is 13.4. The van der Waals surface area contributed by atoms with Crippen molar-refractivity contribution in [3.63, 3.8) is 0 Å². The number of nitrogens with zero attached hydrogens (tertiary/aromatic N) is 1. The number of rotatable bonds is 10.